The molecule has 0 fully saturated rings. The summed E-state index contributed by atoms with van der Waals surface area (Å²) < 4.78 is 7.14. The van der Waals surface area contributed by atoms with Gasteiger partial charge in [0, 0.05) is 18.8 Å². The Labute approximate surface area is 147 Å². The molecule has 1 atom stereocenters. The molecule has 0 bridgehead atoms. The van der Waals surface area contributed by atoms with Gasteiger partial charge in [0.1, 0.15) is 12.2 Å². The first-order valence-corrected chi connectivity index (χ1v) is 8.33. The minimum absolute atomic E-state index is 0.162. The maximum absolute atomic E-state index is 12.2. The van der Waals surface area contributed by atoms with Crippen molar-refractivity contribution in [3.05, 3.63) is 42.2 Å². The SMILES string of the molecule is CCOc1ccccc1NC(=O)CC(=O)N[C@H](CC)c1cnn(C)c1. The number of rotatable bonds is 8. The zero-order valence-corrected chi connectivity index (χ0v) is 14.8. The molecule has 0 aliphatic heterocycles. The van der Waals surface area contributed by atoms with Gasteiger partial charge in [0.05, 0.1) is 24.5 Å². The van der Waals surface area contributed by atoms with Crippen molar-refractivity contribution in [2.24, 2.45) is 7.05 Å². The molecule has 0 spiro atoms. The third-order valence-corrected chi connectivity index (χ3v) is 3.65. The van der Waals surface area contributed by atoms with Crippen molar-refractivity contribution in [2.75, 3.05) is 11.9 Å². The van der Waals surface area contributed by atoms with Gasteiger partial charge in [0.2, 0.25) is 11.8 Å². The summed E-state index contributed by atoms with van der Waals surface area (Å²) in [6.07, 6.45) is 4.03. The fraction of sp³-hybridized carbons (Fsp3) is 0.389. The zero-order valence-electron chi connectivity index (χ0n) is 14.8. The molecule has 0 radical (unpaired) electrons. The average molecular weight is 344 g/mol. The molecule has 134 valence electrons. The van der Waals surface area contributed by atoms with Gasteiger partial charge in [-0.15, -0.1) is 0 Å². The summed E-state index contributed by atoms with van der Waals surface area (Å²) in [4.78, 5) is 24.3. The number of anilines is 1. The maximum atomic E-state index is 12.2. The molecule has 2 rings (SSSR count). The first kappa shape index (κ1) is 18.5. The summed E-state index contributed by atoms with van der Waals surface area (Å²) in [6.45, 7) is 4.34. The average Bonchev–Trinajstić information content (AvgIpc) is 3.01. The monoisotopic (exact) mass is 344 g/mol. The van der Waals surface area contributed by atoms with E-state index in [1.165, 1.54) is 0 Å². The predicted molar refractivity (Wildman–Crippen MR) is 95.2 cm³/mol. The molecule has 7 nitrogen and oxygen atoms in total. The van der Waals surface area contributed by atoms with Crippen molar-refractivity contribution >= 4 is 17.5 Å². The van der Waals surface area contributed by atoms with Crippen molar-refractivity contribution in [2.45, 2.75) is 32.7 Å². The maximum Gasteiger partial charge on any atom is 0.233 e. The Balaban J connectivity index is 1.92. The van der Waals surface area contributed by atoms with Crippen LogP contribution < -0.4 is 15.4 Å². The van der Waals surface area contributed by atoms with Crippen LogP contribution in [0.2, 0.25) is 0 Å². The number of amides is 2. The van der Waals surface area contributed by atoms with E-state index in [0.29, 0.717) is 24.5 Å². The highest BCUT2D eigenvalue weighted by Gasteiger charge is 2.17. The lowest BCUT2D eigenvalue weighted by molar-refractivity contribution is -0.127. The number of carbonyl (C=O) groups excluding carboxylic acids is 2. The van der Waals surface area contributed by atoms with Crippen LogP contribution in [0.3, 0.4) is 0 Å². The van der Waals surface area contributed by atoms with Crippen molar-refractivity contribution in [1.82, 2.24) is 15.1 Å². The molecule has 0 saturated carbocycles. The van der Waals surface area contributed by atoms with Crippen LogP contribution in [0.4, 0.5) is 5.69 Å². The highest BCUT2D eigenvalue weighted by atomic mass is 16.5. The van der Waals surface area contributed by atoms with Gasteiger partial charge in [-0.2, -0.15) is 5.10 Å². The lowest BCUT2D eigenvalue weighted by atomic mass is 10.1. The van der Waals surface area contributed by atoms with Gasteiger partial charge in [-0.1, -0.05) is 19.1 Å². The normalized spacial score (nSPS) is 11.6. The third kappa shape index (κ3) is 5.34. The number of para-hydroxylation sites is 2. The standard InChI is InChI=1S/C18H24N4O3/c1-4-14(13-11-19-22(3)12-13)20-17(23)10-18(24)21-15-8-6-7-9-16(15)25-5-2/h6-9,11-12,14H,4-5,10H2,1-3H3,(H,20,23)(H,21,24)/t14-/m1/s1. The first-order valence-electron chi connectivity index (χ1n) is 8.33. The summed E-state index contributed by atoms with van der Waals surface area (Å²) >= 11 is 0. The molecule has 1 aromatic heterocycles. The van der Waals surface area contributed by atoms with E-state index < -0.39 is 0 Å². The summed E-state index contributed by atoms with van der Waals surface area (Å²) in [5.74, 6) is -0.131. The Bertz CT molecular complexity index is 727. The van der Waals surface area contributed by atoms with Crippen LogP contribution in [-0.2, 0) is 16.6 Å². The summed E-state index contributed by atoms with van der Waals surface area (Å²) in [7, 11) is 1.82. The van der Waals surface area contributed by atoms with Crippen LogP contribution >= 0.6 is 0 Å². The smallest absolute Gasteiger partial charge is 0.233 e. The van der Waals surface area contributed by atoms with Crippen molar-refractivity contribution < 1.29 is 14.3 Å². The van der Waals surface area contributed by atoms with E-state index in [1.807, 2.05) is 33.2 Å². The number of aryl methyl sites for hydroxylation is 1. The number of ether oxygens (including phenoxy) is 1. The van der Waals surface area contributed by atoms with Crippen LogP contribution in [0, 0.1) is 0 Å². The topological polar surface area (TPSA) is 85.2 Å². The molecule has 1 aromatic carbocycles. The van der Waals surface area contributed by atoms with Crippen LogP contribution in [0.1, 0.15) is 38.3 Å². The van der Waals surface area contributed by atoms with E-state index in [4.69, 9.17) is 4.74 Å². The summed E-state index contributed by atoms with van der Waals surface area (Å²) in [6, 6.07) is 6.98. The van der Waals surface area contributed by atoms with E-state index in [9.17, 15) is 9.59 Å². The van der Waals surface area contributed by atoms with Crippen molar-refractivity contribution in [1.29, 1.82) is 0 Å². The van der Waals surface area contributed by atoms with E-state index >= 15 is 0 Å². The molecule has 7 heteroatoms. The van der Waals surface area contributed by atoms with Gasteiger partial charge in [-0.05, 0) is 25.5 Å². The Morgan fingerprint density at radius 1 is 1.24 bits per heavy atom. The molecular weight excluding hydrogens is 320 g/mol. The van der Waals surface area contributed by atoms with Crippen LogP contribution in [0.5, 0.6) is 5.75 Å². The summed E-state index contributed by atoms with van der Waals surface area (Å²) in [5, 5.41) is 9.70. The number of hydrogen-bond acceptors (Lipinski definition) is 4. The fourth-order valence-corrected chi connectivity index (χ4v) is 2.48. The van der Waals surface area contributed by atoms with Gasteiger partial charge < -0.3 is 15.4 Å². The highest BCUT2D eigenvalue weighted by Crippen LogP contribution is 2.23. The fourth-order valence-electron chi connectivity index (χ4n) is 2.48. The van der Waals surface area contributed by atoms with E-state index in [-0.39, 0.29) is 24.3 Å². The predicted octanol–water partition coefficient (Wildman–Crippen LogP) is 2.41. The zero-order chi connectivity index (χ0) is 18.2. The van der Waals surface area contributed by atoms with Crippen LogP contribution in [-0.4, -0.2) is 28.2 Å². The number of nitrogens with one attached hydrogen (secondary N) is 2. The molecule has 0 unspecified atom stereocenters. The second-order valence-electron chi connectivity index (χ2n) is 5.63. The highest BCUT2D eigenvalue weighted by molar-refractivity contribution is 6.04. The minimum atomic E-state index is -0.384. The lowest BCUT2D eigenvalue weighted by Gasteiger charge is -2.16. The molecular formula is C18H24N4O3. The van der Waals surface area contributed by atoms with E-state index in [0.717, 1.165) is 5.56 Å². The number of aromatic nitrogens is 2. The molecule has 0 saturated heterocycles. The quantitative estimate of drug-likeness (QED) is 0.720. The number of carbonyl (C=O) groups is 2. The molecule has 0 aliphatic carbocycles. The van der Waals surface area contributed by atoms with E-state index in [2.05, 4.69) is 15.7 Å². The molecule has 1 heterocycles. The van der Waals surface area contributed by atoms with Crippen molar-refractivity contribution in [3.8, 4) is 5.75 Å². The first-order chi connectivity index (χ1) is 12.0. The van der Waals surface area contributed by atoms with Gasteiger partial charge >= 0.3 is 0 Å². The molecule has 2 aromatic rings. The number of benzene rings is 1. The van der Waals surface area contributed by atoms with Gasteiger partial charge in [-0.25, -0.2) is 0 Å². The molecule has 2 N–H and O–H groups in total. The van der Waals surface area contributed by atoms with Crippen LogP contribution in [0.15, 0.2) is 36.7 Å². The van der Waals surface area contributed by atoms with Gasteiger partial charge in [0.25, 0.3) is 0 Å². The Hall–Kier alpha value is -2.83. The molecule has 2 amide bonds. The third-order valence-electron chi connectivity index (χ3n) is 3.65. The van der Waals surface area contributed by atoms with E-state index in [1.54, 1.807) is 29.1 Å². The second-order valence-corrected chi connectivity index (χ2v) is 5.63. The molecule has 0 aliphatic rings. The van der Waals surface area contributed by atoms with Gasteiger partial charge in [-0.3, -0.25) is 14.3 Å². The summed E-state index contributed by atoms with van der Waals surface area (Å²) in [5.41, 5.74) is 1.47. The number of nitrogens with zero attached hydrogens (tertiary/aromatic N) is 2. The minimum Gasteiger partial charge on any atom is -0.492 e. The lowest BCUT2D eigenvalue weighted by Crippen LogP contribution is -2.31. The largest absolute Gasteiger partial charge is 0.492 e. The Morgan fingerprint density at radius 2 is 2.00 bits per heavy atom. The van der Waals surface area contributed by atoms with Crippen LogP contribution in [0.25, 0.3) is 0 Å². The Morgan fingerprint density at radius 3 is 2.64 bits per heavy atom. The second kappa shape index (κ2) is 8.86. The molecule has 25 heavy (non-hydrogen) atoms. The number of hydrogen-bond donors (Lipinski definition) is 2. The van der Waals surface area contributed by atoms with Gasteiger partial charge in [0.15, 0.2) is 0 Å². The van der Waals surface area contributed by atoms with Crippen molar-refractivity contribution in [3.63, 3.8) is 0 Å². The Kier molecular flexibility index (Phi) is 6.56.